The molecule has 1 amide bonds. The molecule has 7 heteroatoms. The first-order valence-corrected chi connectivity index (χ1v) is 14.7. The molecule has 1 aliphatic heterocycles. The highest BCUT2D eigenvalue weighted by molar-refractivity contribution is 6.30. The SMILES string of the molecule is CO[C@H]1CCC[C@H](C(=O)N2CCN(Cc3c(-c4ccc(Cl)cc4)nc4ccc(-c5cccc(C)c5)cn34)CC2)C1. The first kappa shape index (κ1) is 27.0. The number of amides is 1. The number of hydrogen-bond acceptors (Lipinski definition) is 4. The third kappa shape index (κ3) is 5.67. The number of pyridine rings is 1. The third-order valence-electron chi connectivity index (χ3n) is 8.55. The Kier molecular flexibility index (Phi) is 7.92. The molecule has 2 aromatic heterocycles. The minimum absolute atomic E-state index is 0.0978. The number of hydrogen-bond donors (Lipinski definition) is 0. The van der Waals surface area contributed by atoms with Gasteiger partial charge in [0, 0.05) is 62.5 Å². The van der Waals surface area contributed by atoms with Crippen LogP contribution in [0.25, 0.3) is 28.0 Å². The lowest BCUT2D eigenvalue weighted by Gasteiger charge is -2.38. The Morgan fingerprint density at radius 1 is 0.975 bits per heavy atom. The van der Waals surface area contributed by atoms with Crippen LogP contribution in [0.3, 0.4) is 0 Å². The zero-order valence-electron chi connectivity index (χ0n) is 23.4. The van der Waals surface area contributed by atoms with E-state index < -0.39 is 0 Å². The average molecular weight is 557 g/mol. The Morgan fingerprint density at radius 2 is 1.75 bits per heavy atom. The van der Waals surface area contributed by atoms with Crippen molar-refractivity contribution in [2.24, 2.45) is 5.92 Å². The summed E-state index contributed by atoms with van der Waals surface area (Å²) in [7, 11) is 1.76. The molecule has 6 nitrogen and oxygen atoms in total. The van der Waals surface area contributed by atoms with E-state index in [1.165, 1.54) is 11.1 Å². The van der Waals surface area contributed by atoms with Crippen LogP contribution in [0, 0.1) is 12.8 Å². The highest BCUT2D eigenvalue weighted by Crippen LogP contribution is 2.31. The highest BCUT2D eigenvalue weighted by Gasteiger charge is 2.32. The van der Waals surface area contributed by atoms with Gasteiger partial charge in [-0.3, -0.25) is 9.69 Å². The van der Waals surface area contributed by atoms with Crippen LogP contribution in [0.4, 0.5) is 0 Å². The van der Waals surface area contributed by atoms with Crippen LogP contribution in [0.1, 0.15) is 36.9 Å². The molecule has 2 aliphatic rings. The summed E-state index contributed by atoms with van der Waals surface area (Å²) < 4.78 is 7.81. The number of halogens is 1. The zero-order chi connectivity index (χ0) is 27.6. The predicted molar refractivity (Wildman–Crippen MR) is 160 cm³/mol. The quantitative estimate of drug-likeness (QED) is 0.273. The number of nitrogens with zero attached hydrogens (tertiary/aromatic N) is 4. The molecule has 3 heterocycles. The van der Waals surface area contributed by atoms with Gasteiger partial charge >= 0.3 is 0 Å². The van der Waals surface area contributed by atoms with E-state index in [1.807, 2.05) is 24.3 Å². The van der Waals surface area contributed by atoms with Crippen LogP contribution in [0.2, 0.25) is 5.02 Å². The van der Waals surface area contributed by atoms with Gasteiger partial charge in [0.25, 0.3) is 0 Å². The van der Waals surface area contributed by atoms with E-state index in [0.717, 1.165) is 86.6 Å². The van der Waals surface area contributed by atoms with E-state index in [4.69, 9.17) is 21.3 Å². The van der Waals surface area contributed by atoms with Gasteiger partial charge in [0.05, 0.1) is 17.5 Å². The summed E-state index contributed by atoms with van der Waals surface area (Å²) in [5, 5.41) is 0.714. The van der Waals surface area contributed by atoms with Crippen molar-refractivity contribution in [3.8, 4) is 22.4 Å². The minimum atomic E-state index is 0.0978. The van der Waals surface area contributed by atoms with Crippen molar-refractivity contribution in [1.82, 2.24) is 19.2 Å². The number of fused-ring (bicyclic) bond motifs is 1. The first-order chi connectivity index (χ1) is 19.5. The van der Waals surface area contributed by atoms with Crippen molar-refractivity contribution < 1.29 is 9.53 Å². The summed E-state index contributed by atoms with van der Waals surface area (Å²) in [4.78, 5) is 22.9. The summed E-state index contributed by atoms with van der Waals surface area (Å²) >= 11 is 6.21. The monoisotopic (exact) mass is 556 g/mol. The molecule has 0 bridgehead atoms. The van der Waals surface area contributed by atoms with Crippen LogP contribution in [-0.2, 0) is 16.1 Å². The largest absolute Gasteiger partial charge is 0.381 e. The average Bonchev–Trinajstić information content (AvgIpc) is 3.35. The van der Waals surface area contributed by atoms with Crippen molar-refractivity contribution in [3.05, 3.63) is 83.1 Å². The van der Waals surface area contributed by atoms with Gasteiger partial charge < -0.3 is 14.0 Å². The fourth-order valence-electron chi connectivity index (χ4n) is 6.26. The number of benzene rings is 2. The number of rotatable bonds is 6. The Hall–Kier alpha value is -3.19. The van der Waals surface area contributed by atoms with Crippen LogP contribution in [-0.4, -0.2) is 64.5 Å². The van der Waals surface area contributed by atoms with E-state index in [-0.39, 0.29) is 12.0 Å². The van der Waals surface area contributed by atoms with E-state index >= 15 is 0 Å². The molecule has 0 N–H and O–H groups in total. The Balaban J connectivity index is 1.25. The molecule has 0 radical (unpaired) electrons. The number of aryl methyl sites for hydroxylation is 1. The predicted octanol–water partition coefficient (Wildman–Crippen LogP) is 6.48. The van der Waals surface area contributed by atoms with Crippen LogP contribution in [0.15, 0.2) is 66.9 Å². The van der Waals surface area contributed by atoms with Crippen molar-refractivity contribution in [1.29, 1.82) is 0 Å². The molecule has 1 saturated carbocycles. The molecule has 4 aromatic rings. The summed E-state index contributed by atoms with van der Waals surface area (Å²) in [6.07, 6.45) is 6.39. The fraction of sp³-hybridized carbons (Fsp3) is 0.394. The van der Waals surface area contributed by atoms with Gasteiger partial charge in [0.2, 0.25) is 5.91 Å². The lowest BCUT2D eigenvalue weighted by Crippen LogP contribution is -2.50. The van der Waals surface area contributed by atoms with Gasteiger partial charge in [-0.05, 0) is 61.6 Å². The van der Waals surface area contributed by atoms with E-state index in [2.05, 4.69) is 63.7 Å². The standard InChI is InChI=1S/C33H37ClN4O2/c1-23-5-3-6-25(19-23)27-11-14-31-35-32(24-9-12-28(34)13-10-24)30(38(31)21-27)22-36-15-17-37(18-16-36)33(39)26-7-4-8-29(20-26)40-2/h3,5-6,9-14,19,21,26,29H,4,7-8,15-18,20,22H2,1-2H3/t26-,29-/m0/s1. The van der Waals surface area contributed by atoms with Crippen LogP contribution in [0.5, 0.6) is 0 Å². The smallest absolute Gasteiger partial charge is 0.225 e. The minimum Gasteiger partial charge on any atom is -0.381 e. The van der Waals surface area contributed by atoms with Crippen molar-refractivity contribution >= 4 is 23.2 Å². The molecular weight excluding hydrogens is 520 g/mol. The number of methoxy groups -OCH3 is 1. The maximum atomic E-state index is 13.3. The maximum Gasteiger partial charge on any atom is 0.225 e. The molecule has 1 aliphatic carbocycles. The zero-order valence-corrected chi connectivity index (χ0v) is 24.1. The van der Waals surface area contributed by atoms with Gasteiger partial charge in [0.1, 0.15) is 5.65 Å². The number of piperazine rings is 1. The topological polar surface area (TPSA) is 50.1 Å². The molecule has 208 valence electrons. The Bertz CT molecular complexity index is 1490. The first-order valence-electron chi connectivity index (χ1n) is 14.4. The Labute approximate surface area is 241 Å². The molecule has 0 spiro atoms. The molecule has 2 fully saturated rings. The lowest BCUT2D eigenvalue weighted by molar-refractivity contribution is -0.140. The lowest BCUT2D eigenvalue weighted by atomic mass is 9.86. The van der Waals surface area contributed by atoms with Gasteiger partial charge in [-0.15, -0.1) is 0 Å². The summed E-state index contributed by atoms with van der Waals surface area (Å²) in [6, 6.07) is 20.8. The van der Waals surface area contributed by atoms with E-state index in [9.17, 15) is 4.79 Å². The van der Waals surface area contributed by atoms with Crippen LogP contribution >= 0.6 is 11.6 Å². The Morgan fingerprint density at radius 3 is 2.50 bits per heavy atom. The molecule has 6 rings (SSSR count). The molecule has 0 unspecified atom stereocenters. The highest BCUT2D eigenvalue weighted by atomic mass is 35.5. The van der Waals surface area contributed by atoms with Gasteiger partial charge in [0.15, 0.2) is 0 Å². The second-order valence-electron chi connectivity index (χ2n) is 11.3. The van der Waals surface area contributed by atoms with Gasteiger partial charge in [-0.2, -0.15) is 0 Å². The molecule has 2 atom stereocenters. The summed E-state index contributed by atoms with van der Waals surface area (Å²) in [5.41, 5.74) is 7.71. The molecule has 1 saturated heterocycles. The van der Waals surface area contributed by atoms with Crippen molar-refractivity contribution in [2.45, 2.75) is 45.3 Å². The van der Waals surface area contributed by atoms with E-state index in [1.54, 1.807) is 7.11 Å². The van der Waals surface area contributed by atoms with Crippen molar-refractivity contribution in [3.63, 3.8) is 0 Å². The number of ether oxygens (including phenoxy) is 1. The van der Waals surface area contributed by atoms with Gasteiger partial charge in [-0.1, -0.05) is 60.0 Å². The number of carbonyl (C=O) groups excluding carboxylic acids is 1. The molecule has 2 aromatic carbocycles. The number of imidazole rings is 1. The maximum absolute atomic E-state index is 13.3. The van der Waals surface area contributed by atoms with Crippen molar-refractivity contribution in [2.75, 3.05) is 33.3 Å². The number of aromatic nitrogens is 2. The normalized spacial score (nSPS) is 20.2. The van der Waals surface area contributed by atoms with E-state index in [0.29, 0.717) is 10.9 Å². The summed E-state index contributed by atoms with van der Waals surface area (Å²) in [5.74, 6) is 0.404. The summed E-state index contributed by atoms with van der Waals surface area (Å²) in [6.45, 7) is 6.09. The second kappa shape index (κ2) is 11.7. The fourth-order valence-corrected chi connectivity index (χ4v) is 6.38. The van der Waals surface area contributed by atoms with Crippen LogP contribution < -0.4 is 0 Å². The third-order valence-corrected chi connectivity index (χ3v) is 8.80. The van der Waals surface area contributed by atoms with Gasteiger partial charge in [-0.25, -0.2) is 4.98 Å². The second-order valence-corrected chi connectivity index (χ2v) is 11.7. The molecule has 40 heavy (non-hydrogen) atoms. The number of carbonyl (C=O) groups is 1. The molecular formula is C33H37ClN4O2.